The first-order valence-corrected chi connectivity index (χ1v) is 9.23. The third-order valence-corrected chi connectivity index (χ3v) is 4.78. The third kappa shape index (κ3) is 4.69. The zero-order valence-electron chi connectivity index (χ0n) is 13.6. The highest BCUT2D eigenvalue weighted by Gasteiger charge is 2.16. The predicted octanol–water partition coefficient (Wildman–Crippen LogP) is 6.19. The van der Waals surface area contributed by atoms with E-state index < -0.39 is 11.9 Å². The predicted molar refractivity (Wildman–Crippen MR) is 107 cm³/mol. The van der Waals surface area contributed by atoms with Crippen molar-refractivity contribution >= 4 is 51.1 Å². The maximum atomic E-state index is 12.2. The normalized spacial score (nSPS) is 10.3. The molecule has 0 atom stereocenters. The van der Waals surface area contributed by atoms with Gasteiger partial charge < -0.3 is 9.47 Å². The molecule has 0 spiro atoms. The van der Waals surface area contributed by atoms with Crippen molar-refractivity contribution in [2.24, 2.45) is 0 Å². The van der Waals surface area contributed by atoms with E-state index >= 15 is 0 Å². The Morgan fingerprint density at radius 3 is 1.78 bits per heavy atom. The highest BCUT2D eigenvalue weighted by Crippen LogP contribution is 2.31. The molecule has 0 N–H and O–H groups in total. The van der Waals surface area contributed by atoms with Gasteiger partial charge in [0.1, 0.15) is 11.5 Å². The van der Waals surface area contributed by atoms with Gasteiger partial charge in [0.15, 0.2) is 0 Å². The Bertz CT molecular complexity index is 1020. The van der Waals surface area contributed by atoms with Crippen molar-refractivity contribution in [1.82, 2.24) is 0 Å². The fraction of sp³-hybridized carbons (Fsp3) is 0. The van der Waals surface area contributed by atoms with Crippen LogP contribution in [0.5, 0.6) is 11.5 Å². The molecule has 0 radical (unpaired) electrons. The monoisotopic (exact) mass is 464 g/mol. The summed E-state index contributed by atoms with van der Waals surface area (Å²) in [6, 6.07) is 17.7. The number of esters is 2. The van der Waals surface area contributed by atoms with Crippen LogP contribution in [0, 0.1) is 0 Å². The summed E-state index contributed by atoms with van der Waals surface area (Å²) in [7, 11) is 0. The van der Waals surface area contributed by atoms with Gasteiger partial charge in [-0.1, -0.05) is 47.5 Å². The number of halogens is 3. The van der Waals surface area contributed by atoms with Crippen molar-refractivity contribution in [2.75, 3.05) is 0 Å². The molecule has 0 unspecified atom stereocenters. The van der Waals surface area contributed by atoms with E-state index in [-0.39, 0.29) is 22.6 Å². The summed E-state index contributed by atoms with van der Waals surface area (Å²) in [4.78, 5) is 24.5. The SMILES string of the molecule is O=C(Oc1ccc(OC(=O)c2ccccc2Cl)c(Br)c1)c1ccccc1Cl. The zero-order chi connectivity index (χ0) is 19.4. The van der Waals surface area contributed by atoms with Gasteiger partial charge in [-0.2, -0.15) is 0 Å². The fourth-order valence-electron chi connectivity index (χ4n) is 2.20. The summed E-state index contributed by atoms with van der Waals surface area (Å²) < 4.78 is 11.1. The van der Waals surface area contributed by atoms with Crippen molar-refractivity contribution in [2.45, 2.75) is 0 Å². The minimum Gasteiger partial charge on any atom is -0.423 e. The molecule has 0 saturated heterocycles. The second-order valence-corrected chi connectivity index (χ2v) is 7.00. The lowest BCUT2D eigenvalue weighted by Gasteiger charge is -2.10. The lowest BCUT2D eigenvalue weighted by atomic mass is 10.2. The van der Waals surface area contributed by atoms with Crippen molar-refractivity contribution < 1.29 is 19.1 Å². The number of hydrogen-bond acceptors (Lipinski definition) is 4. The second-order valence-electron chi connectivity index (χ2n) is 5.33. The number of carbonyl (C=O) groups excluding carboxylic acids is 2. The standard InChI is InChI=1S/C20H11BrCl2O4/c21-15-11-12(26-19(24)13-5-1-3-7-16(13)22)9-10-18(15)27-20(25)14-6-2-4-8-17(14)23/h1-11H. The summed E-state index contributed by atoms with van der Waals surface area (Å²) in [5.74, 6) is -0.655. The zero-order valence-corrected chi connectivity index (χ0v) is 16.7. The molecule has 0 aromatic heterocycles. The first kappa shape index (κ1) is 19.4. The van der Waals surface area contributed by atoms with Crippen molar-refractivity contribution in [1.29, 1.82) is 0 Å². The molecule has 0 aliphatic heterocycles. The Balaban J connectivity index is 1.74. The van der Waals surface area contributed by atoms with E-state index in [2.05, 4.69) is 15.9 Å². The largest absolute Gasteiger partial charge is 0.423 e. The van der Waals surface area contributed by atoms with Gasteiger partial charge in [-0.25, -0.2) is 9.59 Å². The van der Waals surface area contributed by atoms with Crippen molar-refractivity contribution in [3.8, 4) is 11.5 Å². The Kier molecular flexibility index (Phi) is 6.16. The van der Waals surface area contributed by atoms with Crippen LogP contribution in [0.15, 0.2) is 71.2 Å². The first-order chi connectivity index (χ1) is 13.0. The highest BCUT2D eigenvalue weighted by molar-refractivity contribution is 9.10. The van der Waals surface area contributed by atoms with Crippen molar-refractivity contribution in [3.05, 3.63) is 92.4 Å². The van der Waals surface area contributed by atoms with Gasteiger partial charge in [0.25, 0.3) is 0 Å². The molecule has 0 bridgehead atoms. The molecular weight excluding hydrogens is 455 g/mol. The smallest absolute Gasteiger partial charge is 0.345 e. The summed E-state index contributed by atoms with van der Waals surface area (Å²) >= 11 is 15.3. The minimum atomic E-state index is -0.595. The van der Waals surface area contributed by atoms with E-state index in [0.29, 0.717) is 14.5 Å². The van der Waals surface area contributed by atoms with E-state index in [1.54, 1.807) is 48.5 Å². The van der Waals surface area contributed by atoms with Crippen LogP contribution in [0.25, 0.3) is 0 Å². The van der Waals surface area contributed by atoms with Crippen LogP contribution in [-0.4, -0.2) is 11.9 Å². The van der Waals surface area contributed by atoms with Crippen LogP contribution in [0.1, 0.15) is 20.7 Å². The molecule has 3 rings (SSSR count). The third-order valence-electron chi connectivity index (χ3n) is 3.50. The summed E-state index contributed by atoms with van der Waals surface area (Å²) in [5.41, 5.74) is 0.504. The number of ether oxygens (including phenoxy) is 2. The molecule has 0 fully saturated rings. The molecule has 27 heavy (non-hydrogen) atoms. The average molecular weight is 466 g/mol. The number of benzene rings is 3. The van der Waals surface area contributed by atoms with E-state index in [1.807, 2.05) is 0 Å². The molecule has 4 nitrogen and oxygen atoms in total. The Morgan fingerprint density at radius 1 is 0.741 bits per heavy atom. The maximum Gasteiger partial charge on any atom is 0.345 e. The molecule has 0 heterocycles. The van der Waals surface area contributed by atoms with E-state index in [1.165, 1.54) is 18.2 Å². The molecule has 0 aliphatic carbocycles. The maximum absolute atomic E-state index is 12.2. The molecule has 3 aromatic carbocycles. The van der Waals surface area contributed by atoms with Crippen LogP contribution in [0.3, 0.4) is 0 Å². The molecule has 0 aliphatic rings. The van der Waals surface area contributed by atoms with Crippen LogP contribution >= 0.6 is 39.1 Å². The topological polar surface area (TPSA) is 52.6 Å². The Morgan fingerprint density at radius 2 is 1.26 bits per heavy atom. The lowest BCUT2D eigenvalue weighted by Crippen LogP contribution is -2.10. The van der Waals surface area contributed by atoms with Gasteiger partial charge in [0.05, 0.1) is 25.6 Å². The molecular formula is C20H11BrCl2O4. The van der Waals surface area contributed by atoms with Crippen LogP contribution in [0.4, 0.5) is 0 Å². The van der Waals surface area contributed by atoms with Crippen LogP contribution < -0.4 is 9.47 Å². The molecule has 0 amide bonds. The fourth-order valence-corrected chi connectivity index (χ4v) is 3.06. The van der Waals surface area contributed by atoms with Crippen molar-refractivity contribution in [3.63, 3.8) is 0 Å². The Hall–Kier alpha value is -2.34. The molecule has 3 aromatic rings. The van der Waals surface area contributed by atoms with E-state index in [4.69, 9.17) is 32.7 Å². The molecule has 7 heteroatoms. The van der Waals surface area contributed by atoms with Crippen LogP contribution in [-0.2, 0) is 0 Å². The van der Waals surface area contributed by atoms with Gasteiger partial charge in [-0.15, -0.1) is 0 Å². The van der Waals surface area contributed by atoms with E-state index in [0.717, 1.165) is 0 Å². The highest BCUT2D eigenvalue weighted by atomic mass is 79.9. The summed E-state index contributed by atoms with van der Waals surface area (Å²) in [6.45, 7) is 0. The molecule has 0 saturated carbocycles. The summed E-state index contributed by atoms with van der Waals surface area (Å²) in [5, 5.41) is 0.593. The number of hydrogen-bond donors (Lipinski definition) is 0. The number of rotatable bonds is 4. The van der Waals surface area contributed by atoms with Gasteiger partial charge in [-0.3, -0.25) is 0 Å². The van der Waals surface area contributed by atoms with Gasteiger partial charge >= 0.3 is 11.9 Å². The Labute approximate surface area is 173 Å². The van der Waals surface area contributed by atoms with Gasteiger partial charge in [-0.05, 0) is 58.4 Å². The lowest BCUT2D eigenvalue weighted by molar-refractivity contribution is 0.0718. The van der Waals surface area contributed by atoms with Crippen LogP contribution in [0.2, 0.25) is 10.0 Å². The van der Waals surface area contributed by atoms with E-state index in [9.17, 15) is 9.59 Å². The average Bonchev–Trinajstić information content (AvgIpc) is 2.64. The van der Waals surface area contributed by atoms with Gasteiger partial charge in [0, 0.05) is 0 Å². The quantitative estimate of drug-likeness (QED) is 0.340. The van der Waals surface area contributed by atoms with Gasteiger partial charge in [0.2, 0.25) is 0 Å². The summed E-state index contributed by atoms with van der Waals surface area (Å²) in [6.07, 6.45) is 0. The first-order valence-electron chi connectivity index (χ1n) is 7.68. The molecule has 136 valence electrons. The minimum absolute atomic E-state index is 0.250. The second kappa shape index (κ2) is 8.57. The number of carbonyl (C=O) groups is 2.